The number of anilines is 4. The summed E-state index contributed by atoms with van der Waals surface area (Å²) in [5.41, 5.74) is 14.8. The molecular formula is C18H20N6O2. The second kappa shape index (κ2) is 6.83. The van der Waals surface area contributed by atoms with Crippen LogP contribution < -0.4 is 21.6 Å². The van der Waals surface area contributed by atoms with E-state index < -0.39 is 0 Å². The highest BCUT2D eigenvalue weighted by atomic mass is 16.7. The number of hydroxylamine groups is 2. The molecule has 0 saturated heterocycles. The van der Waals surface area contributed by atoms with Crippen molar-refractivity contribution in [2.75, 3.05) is 21.6 Å². The number of benzene rings is 2. The third-order valence-electron chi connectivity index (χ3n) is 4.26. The van der Waals surface area contributed by atoms with Crippen LogP contribution in [0.25, 0.3) is 0 Å². The summed E-state index contributed by atoms with van der Waals surface area (Å²) in [7, 11) is 0. The van der Waals surface area contributed by atoms with E-state index in [1.165, 1.54) is 12.8 Å². The van der Waals surface area contributed by atoms with Gasteiger partial charge in [-0.2, -0.15) is 10.1 Å². The molecule has 0 amide bonds. The normalized spacial score (nSPS) is 21.1. The quantitative estimate of drug-likeness (QED) is 0.802. The smallest absolute Gasteiger partial charge is 0.206 e. The van der Waals surface area contributed by atoms with Crippen LogP contribution >= 0.6 is 0 Å². The molecular weight excluding hydrogens is 332 g/mol. The average molecular weight is 352 g/mol. The van der Waals surface area contributed by atoms with Gasteiger partial charge < -0.3 is 21.1 Å². The van der Waals surface area contributed by atoms with Gasteiger partial charge in [-0.25, -0.2) is 9.98 Å². The lowest BCUT2D eigenvalue weighted by atomic mass is 10.2. The van der Waals surface area contributed by atoms with Crippen LogP contribution in [-0.4, -0.2) is 25.1 Å². The Balaban J connectivity index is 1.42. The number of nitrogens with zero attached hydrogens (tertiary/aromatic N) is 4. The SMILES string of the molecule is Nc1cccc(N2OC=NC2CCC2N=CON2c2cccc(N)c2)c1. The molecule has 4 N–H and O–H groups in total. The summed E-state index contributed by atoms with van der Waals surface area (Å²) < 4.78 is 0. The molecule has 8 nitrogen and oxygen atoms in total. The molecule has 0 radical (unpaired) electrons. The van der Waals surface area contributed by atoms with Crippen LogP contribution in [0.4, 0.5) is 22.7 Å². The van der Waals surface area contributed by atoms with Gasteiger partial charge in [0.15, 0.2) is 12.3 Å². The Bertz CT molecular complexity index is 770. The fourth-order valence-corrected chi connectivity index (χ4v) is 3.03. The molecule has 0 aliphatic carbocycles. The zero-order valence-corrected chi connectivity index (χ0v) is 14.1. The lowest BCUT2D eigenvalue weighted by Gasteiger charge is -2.26. The molecule has 0 bridgehead atoms. The molecule has 8 heteroatoms. The average Bonchev–Trinajstić information content (AvgIpc) is 3.29. The van der Waals surface area contributed by atoms with Crippen molar-refractivity contribution in [3.8, 4) is 0 Å². The number of hydrogen-bond acceptors (Lipinski definition) is 8. The molecule has 2 unspecified atom stereocenters. The van der Waals surface area contributed by atoms with Gasteiger partial charge in [-0.1, -0.05) is 12.1 Å². The van der Waals surface area contributed by atoms with E-state index in [0.29, 0.717) is 11.4 Å². The number of nitrogens with two attached hydrogens (primary N) is 2. The van der Waals surface area contributed by atoms with E-state index >= 15 is 0 Å². The highest BCUT2D eigenvalue weighted by molar-refractivity contribution is 5.62. The molecule has 2 heterocycles. The van der Waals surface area contributed by atoms with Gasteiger partial charge >= 0.3 is 0 Å². The van der Waals surface area contributed by atoms with Crippen LogP contribution in [0.2, 0.25) is 0 Å². The van der Waals surface area contributed by atoms with E-state index in [-0.39, 0.29) is 12.3 Å². The standard InChI is InChI=1S/C18H20N6O2/c19-13-3-1-5-15(9-13)23-17(21-11-25-23)7-8-18-22-12-26-24(18)16-6-2-4-14(20)10-16/h1-6,9-12,17-18H,7-8,19-20H2. The van der Waals surface area contributed by atoms with Crippen molar-refractivity contribution in [3.63, 3.8) is 0 Å². The largest absolute Gasteiger partial charge is 0.399 e. The first kappa shape index (κ1) is 16.1. The van der Waals surface area contributed by atoms with E-state index in [1.807, 2.05) is 48.5 Å². The molecule has 2 aliphatic rings. The number of hydrogen-bond donors (Lipinski definition) is 2. The number of rotatable bonds is 5. The lowest BCUT2D eigenvalue weighted by Crippen LogP contribution is -2.33. The Morgan fingerprint density at radius 1 is 0.769 bits per heavy atom. The van der Waals surface area contributed by atoms with Crippen LogP contribution in [-0.2, 0) is 9.68 Å². The fourth-order valence-electron chi connectivity index (χ4n) is 3.03. The van der Waals surface area contributed by atoms with Gasteiger partial charge in [0.1, 0.15) is 0 Å². The van der Waals surface area contributed by atoms with Crippen LogP contribution in [0.5, 0.6) is 0 Å². The minimum Gasteiger partial charge on any atom is -0.399 e. The third-order valence-corrected chi connectivity index (χ3v) is 4.26. The summed E-state index contributed by atoms with van der Waals surface area (Å²) in [6.07, 6.45) is 4.09. The second-order valence-electron chi connectivity index (χ2n) is 6.10. The molecule has 2 aromatic carbocycles. The predicted molar refractivity (Wildman–Crippen MR) is 103 cm³/mol. The first-order valence-corrected chi connectivity index (χ1v) is 8.37. The third kappa shape index (κ3) is 3.21. The Labute approximate surface area is 151 Å². The summed E-state index contributed by atoms with van der Waals surface area (Å²) in [5.74, 6) is 0. The van der Waals surface area contributed by atoms with Crippen LogP contribution in [0, 0.1) is 0 Å². The minimum atomic E-state index is -0.143. The first-order chi connectivity index (χ1) is 12.7. The molecule has 0 fully saturated rings. The maximum atomic E-state index is 5.86. The van der Waals surface area contributed by atoms with E-state index in [4.69, 9.17) is 21.1 Å². The Kier molecular flexibility index (Phi) is 4.22. The van der Waals surface area contributed by atoms with Gasteiger partial charge in [0.25, 0.3) is 0 Å². The van der Waals surface area contributed by atoms with Gasteiger partial charge in [0.05, 0.1) is 11.4 Å². The molecule has 134 valence electrons. The van der Waals surface area contributed by atoms with Gasteiger partial charge in [-0.15, -0.1) is 0 Å². The van der Waals surface area contributed by atoms with Crippen molar-refractivity contribution < 1.29 is 9.68 Å². The molecule has 0 spiro atoms. The van der Waals surface area contributed by atoms with E-state index in [0.717, 1.165) is 24.2 Å². The molecule has 26 heavy (non-hydrogen) atoms. The van der Waals surface area contributed by atoms with Crippen molar-refractivity contribution in [2.45, 2.75) is 25.2 Å². The molecule has 2 aromatic rings. The van der Waals surface area contributed by atoms with Crippen molar-refractivity contribution in [1.82, 2.24) is 0 Å². The van der Waals surface area contributed by atoms with Crippen LogP contribution in [0.1, 0.15) is 12.8 Å². The lowest BCUT2D eigenvalue weighted by molar-refractivity contribution is 0.248. The van der Waals surface area contributed by atoms with E-state index in [2.05, 4.69) is 9.98 Å². The molecule has 2 atom stereocenters. The zero-order valence-electron chi connectivity index (χ0n) is 14.1. The summed E-state index contributed by atoms with van der Waals surface area (Å²) in [4.78, 5) is 19.9. The fraction of sp³-hybridized carbons (Fsp3) is 0.222. The van der Waals surface area contributed by atoms with Crippen LogP contribution in [0.15, 0.2) is 58.5 Å². The summed E-state index contributed by atoms with van der Waals surface area (Å²) in [6, 6.07) is 15.0. The highest BCUT2D eigenvalue weighted by Crippen LogP contribution is 2.29. The Hall–Kier alpha value is -3.42. The molecule has 4 rings (SSSR count). The van der Waals surface area contributed by atoms with Gasteiger partial charge in [-0.3, -0.25) is 0 Å². The van der Waals surface area contributed by atoms with E-state index in [1.54, 1.807) is 10.1 Å². The monoisotopic (exact) mass is 352 g/mol. The summed E-state index contributed by atoms with van der Waals surface area (Å²) in [5, 5.41) is 3.50. The van der Waals surface area contributed by atoms with Crippen molar-refractivity contribution in [3.05, 3.63) is 48.5 Å². The molecule has 0 aromatic heterocycles. The van der Waals surface area contributed by atoms with Crippen molar-refractivity contribution in [1.29, 1.82) is 0 Å². The molecule has 0 saturated carbocycles. The van der Waals surface area contributed by atoms with Gasteiger partial charge in [0.2, 0.25) is 12.8 Å². The zero-order chi connectivity index (χ0) is 17.9. The highest BCUT2D eigenvalue weighted by Gasteiger charge is 2.29. The topological polar surface area (TPSA) is 102 Å². The second-order valence-corrected chi connectivity index (χ2v) is 6.10. The maximum Gasteiger partial charge on any atom is 0.206 e. The Morgan fingerprint density at radius 2 is 1.23 bits per heavy atom. The van der Waals surface area contributed by atoms with E-state index in [9.17, 15) is 0 Å². The summed E-state index contributed by atoms with van der Waals surface area (Å²) >= 11 is 0. The van der Waals surface area contributed by atoms with Crippen LogP contribution in [0.3, 0.4) is 0 Å². The van der Waals surface area contributed by atoms with Crippen molar-refractivity contribution >= 4 is 35.6 Å². The predicted octanol–water partition coefficient (Wildman–Crippen LogP) is 2.54. The minimum absolute atomic E-state index is 0.143. The number of nitrogen functional groups attached to an aromatic ring is 2. The number of aliphatic imine (C=N–C) groups is 2. The first-order valence-electron chi connectivity index (χ1n) is 8.37. The summed E-state index contributed by atoms with van der Waals surface area (Å²) in [6.45, 7) is 0. The Morgan fingerprint density at radius 3 is 1.65 bits per heavy atom. The van der Waals surface area contributed by atoms with Gasteiger partial charge in [-0.05, 0) is 49.2 Å². The maximum absolute atomic E-state index is 5.86. The van der Waals surface area contributed by atoms with Gasteiger partial charge in [0, 0.05) is 11.4 Å². The molecule has 2 aliphatic heterocycles. The van der Waals surface area contributed by atoms with Crippen molar-refractivity contribution in [2.24, 2.45) is 9.98 Å².